The lowest BCUT2D eigenvalue weighted by Gasteiger charge is -2.08. The molecular weight excluding hydrogens is 176 g/mol. The largest absolute Gasteiger partial charge is 0.323 e. The van der Waals surface area contributed by atoms with Crippen molar-refractivity contribution in [2.45, 2.75) is 6.42 Å². The van der Waals surface area contributed by atoms with Crippen LogP contribution in [0.25, 0.3) is 0 Å². The molecule has 1 aliphatic heterocycles. The molecule has 0 amide bonds. The Bertz CT molecular complexity index is 403. The van der Waals surface area contributed by atoms with Gasteiger partial charge in [0.2, 0.25) is 0 Å². The molecule has 1 aliphatic rings. The van der Waals surface area contributed by atoms with Crippen LogP contribution in [0.3, 0.4) is 0 Å². The molecule has 1 aromatic heterocycles. The fourth-order valence-electron chi connectivity index (χ4n) is 1.29. The van der Waals surface area contributed by atoms with Gasteiger partial charge in [-0.1, -0.05) is 12.1 Å². The first-order chi connectivity index (χ1) is 6.92. The summed E-state index contributed by atoms with van der Waals surface area (Å²) in [5.41, 5.74) is 2.34. The number of nitrogens with two attached hydrogens (primary N) is 1. The van der Waals surface area contributed by atoms with Crippen LogP contribution in [-0.4, -0.2) is 16.4 Å². The molecule has 0 atom stereocenters. The number of hydrogen-bond donors (Lipinski definition) is 1. The molecule has 0 bridgehead atoms. The summed E-state index contributed by atoms with van der Waals surface area (Å²) in [5.74, 6) is 5.28. The van der Waals surface area contributed by atoms with E-state index in [0.29, 0.717) is 6.42 Å². The monoisotopic (exact) mass is 186 g/mol. The van der Waals surface area contributed by atoms with E-state index in [0.717, 1.165) is 17.1 Å². The summed E-state index contributed by atoms with van der Waals surface area (Å²) in [6, 6.07) is 5.67. The van der Waals surface area contributed by atoms with E-state index < -0.39 is 0 Å². The zero-order valence-corrected chi connectivity index (χ0v) is 7.59. The van der Waals surface area contributed by atoms with Crippen molar-refractivity contribution in [3.05, 3.63) is 42.4 Å². The quantitative estimate of drug-likeness (QED) is 0.527. The van der Waals surface area contributed by atoms with Crippen molar-refractivity contribution in [1.82, 2.24) is 4.98 Å². The van der Waals surface area contributed by atoms with Gasteiger partial charge in [-0.2, -0.15) is 5.10 Å². The Morgan fingerprint density at radius 1 is 1.36 bits per heavy atom. The second-order valence-electron chi connectivity index (χ2n) is 2.86. The van der Waals surface area contributed by atoms with Gasteiger partial charge in [0.25, 0.3) is 0 Å². The minimum Gasteiger partial charge on any atom is -0.323 e. The summed E-state index contributed by atoms with van der Waals surface area (Å²) in [6.45, 7) is 0. The van der Waals surface area contributed by atoms with Crippen LogP contribution in [0.1, 0.15) is 12.1 Å². The zero-order chi connectivity index (χ0) is 9.80. The van der Waals surface area contributed by atoms with Gasteiger partial charge >= 0.3 is 0 Å². The molecule has 4 heteroatoms. The highest BCUT2D eigenvalue weighted by molar-refractivity contribution is 6.48. The summed E-state index contributed by atoms with van der Waals surface area (Å²) in [5, 5.41) is 3.70. The van der Waals surface area contributed by atoms with Crippen molar-refractivity contribution in [1.29, 1.82) is 0 Å². The molecule has 0 unspecified atom stereocenters. The maximum absolute atomic E-state index is 5.28. The summed E-state index contributed by atoms with van der Waals surface area (Å²) in [6.07, 6.45) is 6.10. The van der Waals surface area contributed by atoms with E-state index in [-0.39, 0.29) is 0 Å². The van der Waals surface area contributed by atoms with Crippen molar-refractivity contribution in [2.75, 3.05) is 0 Å². The Labute approximate surface area is 81.9 Å². The molecule has 0 aromatic carbocycles. The molecule has 70 valence electrons. The van der Waals surface area contributed by atoms with Gasteiger partial charge in [0.1, 0.15) is 5.71 Å². The van der Waals surface area contributed by atoms with Crippen molar-refractivity contribution in [3.8, 4) is 0 Å². The maximum atomic E-state index is 5.28. The third-order valence-electron chi connectivity index (χ3n) is 1.96. The molecule has 0 saturated heterocycles. The maximum Gasteiger partial charge on any atom is 0.112 e. The number of allylic oxidation sites excluding steroid dienone is 1. The van der Waals surface area contributed by atoms with Crippen molar-refractivity contribution in [3.63, 3.8) is 0 Å². The first kappa shape index (κ1) is 8.62. The lowest BCUT2D eigenvalue weighted by molar-refractivity contribution is 1.20. The highest BCUT2D eigenvalue weighted by Gasteiger charge is 2.13. The average Bonchev–Trinajstić information content (AvgIpc) is 2.30. The van der Waals surface area contributed by atoms with Crippen molar-refractivity contribution >= 4 is 11.4 Å². The molecule has 0 aliphatic carbocycles. The van der Waals surface area contributed by atoms with Crippen LogP contribution < -0.4 is 5.84 Å². The summed E-state index contributed by atoms with van der Waals surface area (Å²) >= 11 is 0. The first-order valence-electron chi connectivity index (χ1n) is 4.33. The lowest BCUT2D eigenvalue weighted by atomic mass is 10.1. The average molecular weight is 186 g/mol. The standard InChI is InChI=1S/C10H10N4/c11-14-9-5-3-7-13-10(9)8-4-1-2-6-12-8/h1-4,6-7H,5,11H2. The minimum atomic E-state index is 0.714. The second-order valence-corrected chi connectivity index (χ2v) is 2.86. The molecule has 4 nitrogen and oxygen atoms in total. The van der Waals surface area contributed by atoms with Crippen LogP contribution in [0.2, 0.25) is 0 Å². The number of hydrazone groups is 1. The number of hydrogen-bond acceptors (Lipinski definition) is 4. The van der Waals surface area contributed by atoms with Crippen LogP contribution in [0, 0.1) is 0 Å². The molecule has 2 rings (SSSR count). The van der Waals surface area contributed by atoms with E-state index in [9.17, 15) is 0 Å². The minimum absolute atomic E-state index is 0.714. The van der Waals surface area contributed by atoms with E-state index in [1.54, 1.807) is 12.4 Å². The number of pyridine rings is 1. The van der Waals surface area contributed by atoms with E-state index in [2.05, 4.69) is 15.1 Å². The Balaban J connectivity index is 2.43. The molecular formula is C10H10N4. The van der Waals surface area contributed by atoms with E-state index in [1.165, 1.54) is 0 Å². The predicted octanol–water partition coefficient (Wildman–Crippen LogP) is 1.10. The molecule has 2 heterocycles. The second kappa shape index (κ2) is 3.83. The normalized spacial score (nSPS) is 18.3. The van der Waals surface area contributed by atoms with E-state index >= 15 is 0 Å². The van der Waals surface area contributed by atoms with Gasteiger partial charge in [-0.25, -0.2) is 0 Å². The van der Waals surface area contributed by atoms with Crippen LogP contribution >= 0.6 is 0 Å². The Morgan fingerprint density at radius 3 is 3.00 bits per heavy atom. The summed E-state index contributed by atoms with van der Waals surface area (Å²) in [4.78, 5) is 8.41. The molecule has 0 radical (unpaired) electrons. The number of rotatable bonds is 1. The van der Waals surface area contributed by atoms with Gasteiger partial charge in [0.05, 0.1) is 11.4 Å². The van der Waals surface area contributed by atoms with Gasteiger partial charge in [0.15, 0.2) is 0 Å². The van der Waals surface area contributed by atoms with E-state index in [4.69, 9.17) is 5.84 Å². The first-order valence-corrected chi connectivity index (χ1v) is 4.33. The SMILES string of the molecule is NN=C1CC=CN=C1c1ccccn1. The number of aliphatic imine (C=N–C) groups is 1. The lowest BCUT2D eigenvalue weighted by Crippen LogP contribution is -2.19. The summed E-state index contributed by atoms with van der Waals surface area (Å²) < 4.78 is 0. The fraction of sp³-hybridized carbons (Fsp3) is 0.100. The molecule has 0 fully saturated rings. The zero-order valence-electron chi connectivity index (χ0n) is 7.59. The Kier molecular flexibility index (Phi) is 2.36. The third-order valence-corrected chi connectivity index (χ3v) is 1.96. The molecule has 1 aromatic rings. The van der Waals surface area contributed by atoms with E-state index in [1.807, 2.05) is 24.3 Å². The number of aromatic nitrogens is 1. The fourth-order valence-corrected chi connectivity index (χ4v) is 1.29. The Morgan fingerprint density at radius 2 is 2.29 bits per heavy atom. The number of nitrogens with zero attached hydrogens (tertiary/aromatic N) is 3. The van der Waals surface area contributed by atoms with Gasteiger partial charge in [-0.3, -0.25) is 9.98 Å². The molecule has 0 spiro atoms. The van der Waals surface area contributed by atoms with Crippen molar-refractivity contribution < 1.29 is 0 Å². The highest BCUT2D eigenvalue weighted by atomic mass is 15.1. The van der Waals surface area contributed by atoms with Gasteiger partial charge < -0.3 is 5.84 Å². The highest BCUT2D eigenvalue weighted by Crippen LogP contribution is 2.07. The van der Waals surface area contributed by atoms with Crippen LogP contribution in [0.5, 0.6) is 0 Å². The van der Waals surface area contributed by atoms with Gasteiger partial charge in [-0.05, 0) is 12.1 Å². The van der Waals surface area contributed by atoms with Gasteiger partial charge in [-0.15, -0.1) is 0 Å². The predicted molar refractivity (Wildman–Crippen MR) is 56.2 cm³/mol. The third kappa shape index (κ3) is 1.54. The molecule has 14 heavy (non-hydrogen) atoms. The smallest absolute Gasteiger partial charge is 0.112 e. The topological polar surface area (TPSA) is 63.6 Å². The van der Waals surface area contributed by atoms with Crippen LogP contribution in [0.15, 0.2) is 46.8 Å². The van der Waals surface area contributed by atoms with Gasteiger partial charge in [0, 0.05) is 18.8 Å². The Hall–Kier alpha value is -1.97. The molecule has 0 saturated carbocycles. The van der Waals surface area contributed by atoms with Crippen molar-refractivity contribution in [2.24, 2.45) is 15.9 Å². The van der Waals surface area contributed by atoms with Crippen LogP contribution in [0.4, 0.5) is 0 Å². The van der Waals surface area contributed by atoms with Crippen LogP contribution in [-0.2, 0) is 0 Å². The summed E-state index contributed by atoms with van der Waals surface area (Å²) in [7, 11) is 0. The molecule has 2 N–H and O–H groups in total.